The molecule has 0 unspecified atom stereocenters. The third kappa shape index (κ3) is 6.93. The third-order valence-corrected chi connectivity index (χ3v) is 5.30. The van der Waals surface area contributed by atoms with E-state index in [0.29, 0.717) is 24.4 Å². The lowest BCUT2D eigenvalue weighted by Crippen LogP contribution is -2.50. The van der Waals surface area contributed by atoms with Crippen molar-refractivity contribution < 1.29 is 9.32 Å². The van der Waals surface area contributed by atoms with Gasteiger partial charge in [-0.05, 0) is 31.6 Å². The molecular weight excluding hydrogens is 469 g/mol. The molecule has 1 amide bonds. The van der Waals surface area contributed by atoms with Crippen molar-refractivity contribution >= 4 is 35.8 Å². The van der Waals surface area contributed by atoms with Crippen molar-refractivity contribution in [2.45, 2.75) is 71.9 Å². The number of rotatable bonds is 7. The second kappa shape index (κ2) is 12.3. The van der Waals surface area contributed by atoms with Crippen LogP contribution in [-0.4, -0.2) is 48.1 Å². The fraction of sp³-hybridized carbons (Fsp3) is 0.750. The predicted molar refractivity (Wildman–Crippen MR) is 123 cm³/mol. The summed E-state index contributed by atoms with van der Waals surface area (Å²) in [5, 5.41) is 10.8. The molecule has 2 N–H and O–H groups in total. The second-order valence-corrected chi connectivity index (χ2v) is 7.56. The van der Waals surface area contributed by atoms with E-state index in [9.17, 15) is 4.79 Å². The molecule has 1 saturated heterocycles. The molecule has 0 saturated carbocycles. The van der Waals surface area contributed by atoms with Gasteiger partial charge in [-0.15, -0.1) is 24.0 Å². The summed E-state index contributed by atoms with van der Waals surface area (Å²) in [6.45, 7) is 10.5. The number of carbonyl (C=O) groups excluding carboxylic acids is 1. The summed E-state index contributed by atoms with van der Waals surface area (Å²) < 4.78 is 5.36. The maximum absolute atomic E-state index is 12.5. The Morgan fingerprint density at radius 3 is 2.46 bits per heavy atom. The number of amides is 1. The molecule has 7 nitrogen and oxygen atoms in total. The molecule has 0 bridgehead atoms. The summed E-state index contributed by atoms with van der Waals surface area (Å²) in [5.74, 6) is 2.39. The molecule has 0 radical (unpaired) electrons. The third-order valence-electron chi connectivity index (χ3n) is 5.30. The average molecular weight is 505 g/mol. The Balaban J connectivity index is 0.00000392. The monoisotopic (exact) mass is 505 g/mol. The maximum atomic E-state index is 12.5. The van der Waals surface area contributed by atoms with Crippen LogP contribution in [0.15, 0.2) is 15.6 Å². The molecule has 1 aliphatic heterocycles. The molecule has 0 aromatic carbocycles. The molecule has 8 heteroatoms. The summed E-state index contributed by atoms with van der Waals surface area (Å²) >= 11 is 0. The van der Waals surface area contributed by atoms with Gasteiger partial charge in [0, 0.05) is 38.2 Å². The molecule has 2 heterocycles. The summed E-state index contributed by atoms with van der Waals surface area (Å²) in [4.78, 5) is 18.8. The van der Waals surface area contributed by atoms with Gasteiger partial charge in [-0.3, -0.25) is 9.79 Å². The summed E-state index contributed by atoms with van der Waals surface area (Å²) in [6, 6.07) is 2.30. The van der Waals surface area contributed by atoms with Crippen LogP contribution in [-0.2, 0) is 11.3 Å². The van der Waals surface area contributed by atoms with Crippen LogP contribution < -0.4 is 10.6 Å². The lowest BCUT2D eigenvalue weighted by atomic mass is 9.98. The predicted octanol–water partition coefficient (Wildman–Crippen LogP) is 3.51. The van der Waals surface area contributed by atoms with Gasteiger partial charge in [0.25, 0.3) is 0 Å². The van der Waals surface area contributed by atoms with Crippen LogP contribution in [0.1, 0.15) is 70.8 Å². The van der Waals surface area contributed by atoms with Gasteiger partial charge in [0.1, 0.15) is 0 Å². The fourth-order valence-corrected chi connectivity index (χ4v) is 3.38. The van der Waals surface area contributed by atoms with Gasteiger partial charge in [-0.2, -0.15) is 0 Å². The normalized spacial score (nSPS) is 15.7. The van der Waals surface area contributed by atoms with Crippen LogP contribution in [0.25, 0.3) is 0 Å². The number of hydrogen-bond donors (Lipinski definition) is 2. The Kier molecular flexibility index (Phi) is 10.8. The summed E-state index contributed by atoms with van der Waals surface area (Å²) in [6.07, 6.45) is 3.72. The van der Waals surface area contributed by atoms with Crippen LogP contribution in [0.4, 0.5) is 0 Å². The van der Waals surface area contributed by atoms with Crippen molar-refractivity contribution in [1.82, 2.24) is 20.7 Å². The van der Waals surface area contributed by atoms with Crippen LogP contribution in [0.5, 0.6) is 0 Å². The first kappa shape index (κ1) is 24.7. The fourth-order valence-electron chi connectivity index (χ4n) is 3.38. The topological polar surface area (TPSA) is 82.8 Å². The number of nitrogens with one attached hydrogen (secondary N) is 2. The van der Waals surface area contributed by atoms with Gasteiger partial charge in [0.2, 0.25) is 5.91 Å². The summed E-state index contributed by atoms with van der Waals surface area (Å²) in [5.41, 5.74) is 0.962. The molecule has 1 aliphatic rings. The first-order valence-corrected chi connectivity index (χ1v) is 10.2. The Morgan fingerprint density at radius 2 is 1.96 bits per heavy atom. The van der Waals surface area contributed by atoms with E-state index >= 15 is 0 Å². The van der Waals surface area contributed by atoms with Crippen LogP contribution in [0, 0.1) is 5.92 Å². The highest BCUT2D eigenvalue weighted by molar-refractivity contribution is 14.0. The van der Waals surface area contributed by atoms with E-state index in [-0.39, 0.29) is 29.9 Å². The molecule has 1 aromatic heterocycles. The highest BCUT2D eigenvalue weighted by Crippen LogP contribution is 2.17. The van der Waals surface area contributed by atoms with Crippen molar-refractivity contribution in [1.29, 1.82) is 0 Å². The number of aromatic nitrogens is 1. The van der Waals surface area contributed by atoms with Gasteiger partial charge in [0.15, 0.2) is 11.7 Å². The first-order chi connectivity index (χ1) is 13.0. The van der Waals surface area contributed by atoms with E-state index in [4.69, 9.17) is 4.52 Å². The van der Waals surface area contributed by atoms with Crippen molar-refractivity contribution in [3.8, 4) is 0 Å². The Bertz CT molecular complexity index is 620. The Hall–Kier alpha value is -1.32. The molecule has 0 aliphatic carbocycles. The van der Waals surface area contributed by atoms with Crippen LogP contribution >= 0.6 is 24.0 Å². The smallest absolute Gasteiger partial charge is 0.225 e. The molecule has 28 heavy (non-hydrogen) atoms. The van der Waals surface area contributed by atoms with Crippen molar-refractivity contribution in [2.75, 3.05) is 20.1 Å². The number of halogens is 1. The highest BCUT2D eigenvalue weighted by Gasteiger charge is 2.26. The first-order valence-electron chi connectivity index (χ1n) is 10.2. The van der Waals surface area contributed by atoms with Crippen LogP contribution in [0.3, 0.4) is 0 Å². The van der Waals surface area contributed by atoms with E-state index in [0.717, 1.165) is 56.2 Å². The van der Waals surface area contributed by atoms with Gasteiger partial charge in [-0.1, -0.05) is 32.9 Å². The number of hydrogen-bond acceptors (Lipinski definition) is 4. The number of likely N-dealkylation sites (tertiary alicyclic amines) is 1. The average Bonchev–Trinajstić information content (AvgIpc) is 3.16. The number of aliphatic imine (C=N–C) groups is 1. The zero-order chi connectivity index (χ0) is 19.8. The van der Waals surface area contributed by atoms with Gasteiger partial charge < -0.3 is 20.1 Å². The second-order valence-electron chi connectivity index (χ2n) is 7.56. The van der Waals surface area contributed by atoms with E-state index < -0.39 is 0 Å². The lowest BCUT2D eigenvalue weighted by molar-refractivity contribution is -0.136. The number of nitrogens with zero attached hydrogens (tertiary/aromatic N) is 3. The molecule has 1 aromatic rings. The zero-order valence-electron chi connectivity index (χ0n) is 17.8. The number of guanidine groups is 1. The quantitative estimate of drug-likeness (QED) is 0.337. The maximum Gasteiger partial charge on any atom is 0.225 e. The van der Waals surface area contributed by atoms with Crippen molar-refractivity contribution in [3.63, 3.8) is 0 Å². The molecular formula is C20H36IN5O2. The van der Waals surface area contributed by atoms with E-state index in [2.05, 4.69) is 48.5 Å². The van der Waals surface area contributed by atoms with Gasteiger partial charge in [0.05, 0.1) is 12.2 Å². The zero-order valence-corrected chi connectivity index (χ0v) is 20.2. The minimum absolute atomic E-state index is 0. The largest absolute Gasteiger partial charge is 0.359 e. The number of piperidine rings is 1. The minimum atomic E-state index is 0. The van der Waals surface area contributed by atoms with Gasteiger partial charge in [-0.25, -0.2) is 0 Å². The van der Waals surface area contributed by atoms with E-state index in [1.54, 1.807) is 7.05 Å². The Morgan fingerprint density at radius 1 is 1.32 bits per heavy atom. The molecule has 0 spiro atoms. The van der Waals surface area contributed by atoms with Crippen molar-refractivity contribution in [3.05, 3.63) is 17.5 Å². The standard InChI is InChI=1S/C20H35N5O2.HI/c1-6-15(7-2)19(26)25-10-8-16(9-11-25)23-20(21-5)22-13-17-12-18(14(3)4)24-27-17;/h12,14-16H,6-11,13H2,1-5H3,(H2,21,22,23);1H. The molecule has 0 atom stereocenters. The number of carbonyl (C=O) groups is 1. The summed E-state index contributed by atoms with van der Waals surface area (Å²) in [7, 11) is 1.76. The van der Waals surface area contributed by atoms with E-state index in [1.807, 2.05) is 11.0 Å². The minimum Gasteiger partial charge on any atom is -0.359 e. The highest BCUT2D eigenvalue weighted by atomic mass is 127. The lowest BCUT2D eigenvalue weighted by Gasteiger charge is -2.34. The van der Waals surface area contributed by atoms with Crippen molar-refractivity contribution in [2.24, 2.45) is 10.9 Å². The van der Waals surface area contributed by atoms with E-state index in [1.165, 1.54) is 0 Å². The van der Waals surface area contributed by atoms with Crippen LogP contribution in [0.2, 0.25) is 0 Å². The Labute approximate surface area is 186 Å². The van der Waals surface area contributed by atoms with Gasteiger partial charge >= 0.3 is 0 Å². The molecule has 2 rings (SSSR count). The molecule has 160 valence electrons. The SMILES string of the molecule is CCC(CC)C(=O)N1CCC(NC(=NC)NCc2cc(C(C)C)no2)CC1.I. The molecule has 1 fully saturated rings.